The molecule has 0 bridgehead atoms. The minimum Gasteiger partial charge on any atom is -0.377 e. The molecule has 1 aromatic rings. The van der Waals surface area contributed by atoms with Crippen molar-refractivity contribution in [3.8, 4) is 0 Å². The van der Waals surface area contributed by atoms with Gasteiger partial charge in [-0.1, -0.05) is 0 Å². The molecule has 1 unspecified atom stereocenters. The van der Waals surface area contributed by atoms with Gasteiger partial charge in [0.05, 0.1) is 24.0 Å². The second-order valence-electron chi connectivity index (χ2n) is 6.42. The van der Waals surface area contributed by atoms with E-state index in [1.165, 1.54) is 19.3 Å². The zero-order chi connectivity index (χ0) is 14.9. The van der Waals surface area contributed by atoms with Gasteiger partial charge in [0.2, 0.25) is 0 Å². The van der Waals surface area contributed by atoms with Gasteiger partial charge in [-0.05, 0) is 19.3 Å². The highest BCUT2D eigenvalue weighted by Crippen LogP contribution is 2.25. The number of nitrogens with zero attached hydrogens (tertiary/aromatic N) is 4. The number of anilines is 1. The fourth-order valence-corrected chi connectivity index (χ4v) is 3.48. The summed E-state index contributed by atoms with van der Waals surface area (Å²) in [5.74, 6) is 0. The Bertz CT molecular complexity index is 534. The Hall–Kier alpha value is -1.60. The van der Waals surface area contributed by atoms with Gasteiger partial charge in [0.15, 0.2) is 0 Å². The number of hydrogen-bond donors (Lipinski definition) is 1. The number of amides is 2. The lowest BCUT2D eigenvalue weighted by atomic mass is 10.0. The average molecular weight is 305 g/mol. The molecule has 3 aliphatic rings. The van der Waals surface area contributed by atoms with Crippen LogP contribution >= 0.6 is 0 Å². The molecular weight excluding hydrogens is 282 g/mol. The molecule has 1 N–H and O–H groups in total. The molecule has 4 rings (SSSR count). The van der Waals surface area contributed by atoms with Gasteiger partial charge >= 0.3 is 6.03 Å². The molecule has 4 heterocycles. The number of urea groups is 1. The van der Waals surface area contributed by atoms with Crippen molar-refractivity contribution in [2.24, 2.45) is 0 Å². The van der Waals surface area contributed by atoms with Gasteiger partial charge in [0.25, 0.3) is 0 Å². The summed E-state index contributed by atoms with van der Waals surface area (Å²) in [4.78, 5) is 15.8. The maximum atomic E-state index is 11.7. The lowest BCUT2D eigenvalue weighted by Crippen LogP contribution is -2.51. The molecule has 1 aromatic heterocycles. The number of hydrogen-bond acceptors (Lipinski definition) is 4. The van der Waals surface area contributed by atoms with Crippen LogP contribution in [0.3, 0.4) is 0 Å². The van der Waals surface area contributed by atoms with Crippen LogP contribution in [0.2, 0.25) is 0 Å². The van der Waals surface area contributed by atoms with E-state index in [2.05, 4.69) is 15.3 Å². The highest BCUT2D eigenvalue weighted by Gasteiger charge is 2.32. The monoisotopic (exact) mass is 305 g/mol. The number of aromatic nitrogens is 2. The first-order chi connectivity index (χ1) is 10.8. The van der Waals surface area contributed by atoms with Crippen LogP contribution in [0.15, 0.2) is 12.4 Å². The van der Waals surface area contributed by atoms with Crippen molar-refractivity contribution in [2.75, 3.05) is 44.2 Å². The van der Waals surface area contributed by atoms with Gasteiger partial charge in [0, 0.05) is 45.5 Å². The minimum absolute atomic E-state index is 0.0239. The summed E-state index contributed by atoms with van der Waals surface area (Å²) >= 11 is 0. The number of carbonyl (C=O) groups excluding carboxylic acids is 1. The fraction of sp³-hybridized carbons (Fsp3) is 0.733. The predicted molar refractivity (Wildman–Crippen MR) is 82.0 cm³/mol. The van der Waals surface area contributed by atoms with E-state index < -0.39 is 0 Å². The molecule has 3 aliphatic heterocycles. The van der Waals surface area contributed by atoms with Gasteiger partial charge in [-0.2, -0.15) is 5.10 Å². The third kappa shape index (κ3) is 2.70. The quantitative estimate of drug-likeness (QED) is 0.895. The molecule has 0 saturated carbocycles. The van der Waals surface area contributed by atoms with E-state index in [9.17, 15) is 4.79 Å². The SMILES string of the molecule is O=C1NCCN1c1cnn(C2CN(CC3CCCCO3)C2)c1. The maximum absolute atomic E-state index is 11.7. The lowest BCUT2D eigenvalue weighted by Gasteiger charge is -2.41. The smallest absolute Gasteiger partial charge is 0.322 e. The molecule has 0 radical (unpaired) electrons. The Morgan fingerprint density at radius 1 is 1.36 bits per heavy atom. The third-order valence-corrected chi connectivity index (χ3v) is 4.80. The van der Waals surface area contributed by atoms with Crippen LogP contribution in [0, 0.1) is 0 Å². The van der Waals surface area contributed by atoms with Crippen molar-refractivity contribution < 1.29 is 9.53 Å². The summed E-state index contributed by atoms with van der Waals surface area (Å²) in [6.45, 7) is 5.44. The van der Waals surface area contributed by atoms with Gasteiger partial charge in [-0.15, -0.1) is 0 Å². The first-order valence-electron chi connectivity index (χ1n) is 8.23. The Labute approximate surface area is 130 Å². The lowest BCUT2D eigenvalue weighted by molar-refractivity contribution is -0.0288. The highest BCUT2D eigenvalue weighted by atomic mass is 16.5. The Balaban J connectivity index is 1.29. The van der Waals surface area contributed by atoms with E-state index in [1.54, 1.807) is 11.1 Å². The number of carbonyl (C=O) groups is 1. The summed E-state index contributed by atoms with van der Waals surface area (Å²) in [7, 11) is 0. The maximum Gasteiger partial charge on any atom is 0.322 e. The highest BCUT2D eigenvalue weighted by molar-refractivity contribution is 5.93. The van der Waals surface area contributed by atoms with Crippen molar-refractivity contribution in [3.05, 3.63) is 12.4 Å². The van der Waals surface area contributed by atoms with Crippen LogP contribution in [-0.4, -0.2) is 66.1 Å². The zero-order valence-electron chi connectivity index (χ0n) is 12.8. The van der Waals surface area contributed by atoms with Crippen molar-refractivity contribution in [3.63, 3.8) is 0 Å². The van der Waals surface area contributed by atoms with E-state index in [1.807, 2.05) is 10.9 Å². The Morgan fingerprint density at radius 3 is 3.00 bits per heavy atom. The number of likely N-dealkylation sites (tertiary alicyclic amines) is 1. The summed E-state index contributed by atoms with van der Waals surface area (Å²) < 4.78 is 7.79. The summed E-state index contributed by atoms with van der Waals surface area (Å²) in [6.07, 6.45) is 7.89. The van der Waals surface area contributed by atoms with E-state index in [-0.39, 0.29) is 6.03 Å². The van der Waals surface area contributed by atoms with Crippen molar-refractivity contribution in [2.45, 2.75) is 31.4 Å². The average Bonchev–Trinajstić information content (AvgIpc) is 3.12. The fourth-order valence-electron chi connectivity index (χ4n) is 3.48. The summed E-state index contributed by atoms with van der Waals surface area (Å²) in [5.41, 5.74) is 0.893. The van der Waals surface area contributed by atoms with E-state index in [0.29, 0.717) is 18.7 Å². The molecule has 120 valence electrons. The zero-order valence-corrected chi connectivity index (χ0v) is 12.8. The number of rotatable bonds is 4. The largest absolute Gasteiger partial charge is 0.377 e. The first-order valence-corrected chi connectivity index (χ1v) is 8.23. The molecule has 3 saturated heterocycles. The molecule has 0 spiro atoms. The van der Waals surface area contributed by atoms with E-state index >= 15 is 0 Å². The molecule has 3 fully saturated rings. The molecule has 2 amide bonds. The van der Waals surface area contributed by atoms with Crippen LogP contribution in [0.5, 0.6) is 0 Å². The molecule has 22 heavy (non-hydrogen) atoms. The van der Waals surface area contributed by atoms with Crippen molar-refractivity contribution in [1.29, 1.82) is 0 Å². The standard InChI is InChI=1S/C15H23N5O2/c21-15-16-4-5-19(15)12-7-17-20(10-12)13-8-18(9-13)11-14-3-1-2-6-22-14/h7,10,13-14H,1-6,8-9,11H2,(H,16,21). The van der Waals surface area contributed by atoms with E-state index in [0.717, 1.165) is 38.5 Å². The third-order valence-electron chi connectivity index (χ3n) is 4.80. The van der Waals surface area contributed by atoms with Gasteiger partial charge < -0.3 is 10.1 Å². The van der Waals surface area contributed by atoms with Crippen LogP contribution < -0.4 is 10.2 Å². The normalized spacial score (nSPS) is 27.0. The topological polar surface area (TPSA) is 62.6 Å². The van der Waals surface area contributed by atoms with E-state index in [4.69, 9.17) is 4.74 Å². The Kier molecular flexibility index (Phi) is 3.75. The van der Waals surface area contributed by atoms with Gasteiger partial charge in [-0.3, -0.25) is 14.5 Å². The second-order valence-corrected chi connectivity index (χ2v) is 6.42. The van der Waals surface area contributed by atoms with Crippen LogP contribution in [0.25, 0.3) is 0 Å². The van der Waals surface area contributed by atoms with Gasteiger partial charge in [0.1, 0.15) is 0 Å². The molecule has 0 aliphatic carbocycles. The summed E-state index contributed by atoms with van der Waals surface area (Å²) in [5, 5.41) is 7.25. The molecule has 0 aromatic carbocycles. The first kappa shape index (κ1) is 14.0. The van der Waals surface area contributed by atoms with Crippen LogP contribution in [0.1, 0.15) is 25.3 Å². The second kappa shape index (κ2) is 5.89. The molecule has 7 heteroatoms. The predicted octanol–water partition coefficient (Wildman–Crippen LogP) is 0.838. The molecule has 7 nitrogen and oxygen atoms in total. The minimum atomic E-state index is -0.0239. The Morgan fingerprint density at radius 2 is 2.27 bits per heavy atom. The molecule has 1 atom stereocenters. The van der Waals surface area contributed by atoms with Crippen LogP contribution in [-0.2, 0) is 4.74 Å². The van der Waals surface area contributed by atoms with Crippen molar-refractivity contribution in [1.82, 2.24) is 20.0 Å². The van der Waals surface area contributed by atoms with Gasteiger partial charge in [-0.25, -0.2) is 4.79 Å². The summed E-state index contributed by atoms with van der Waals surface area (Å²) in [6, 6.07) is 0.396. The number of ether oxygens (including phenoxy) is 1. The molecular formula is C15H23N5O2. The van der Waals surface area contributed by atoms with Crippen molar-refractivity contribution >= 4 is 11.7 Å². The number of nitrogens with one attached hydrogen (secondary N) is 1. The van der Waals surface area contributed by atoms with Crippen LogP contribution in [0.4, 0.5) is 10.5 Å².